The van der Waals surface area contributed by atoms with E-state index in [1.807, 2.05) is 0 Å². The molecule has 0 fully saturated rings. The van der Waals surface area contributed by atoms with Crippen LogP contribution in [-0.2, 0) is 0 Å². The average Bonchev–Trinajstić information content (AvgIpc) is 2.12. The summed E-state index contributed by atoms with van der Waals surface area (Å²) in [5, 5.41) is 0. The highest BCUT2D eigenvalue weighted by Gasteiger charge is 2.03. The van der Waals surface area contributed by atoms with Crippen molar-refractivity contribution in [2.24, 2.45) is 0 Å². The summed E-state index contributed by atoms with van der Waals surface area (Å²) < 4.78 is 18.0. The van der Waals surface area contributed by atoms with Crippen LogP contribution in [0, 0.1) is 5.95 Å². The molecule has 0 amide bonds. The molecule has 1 aromatic heterocycles. The fraction of sp³-hybridized carbons (Fsp3) is 0.500. The summed E-state index contributed by atoms with van der Waals surface area (Å²) in [6.07, 6.45) is 3.36. The summed E-state index contributed by atoms with van der Waals surface area (Å²) >= 11 is 2.91. The molecule has 1 rings (SSSR count). The van der Waals surface area contributed by atoms with Gasteiger partial charge >= 0.3 is 0 Å². The zero-order valence-corrected chi connectivity index (χ0v) is 8.84. The third kappa shape index (κ3) is 3.26. The molecule has 3 nitrogen and oxygen atoms in total. The highest BCUT2D eigenvalue weighted by Crippen LogP contribution is 2.13. The topological polar surface area (TPSA) is 35.0 Å². The molecule has 72 valence electrons. The second-order valence-corrected chi connectivity index (χ2v) is 3.24. The molecule has 0 aliphatic rings. The van der Waals surface area contributed by atoms with Gasteiger partial charge in [-0.2, -0.15) is 9.37 Å². The van der Waals surface area contributed by atoms with E-state index in [4.69, 9.17) is 4.74 Å². The molecule has 0 bridgehead atoms. The standard InChI is InChI=1S/C8H10BrFN2O/c1-2-3-4-13-6-5-11-7(9)8(10)12-6/h5H,2-4H2,1H3. The third-order valence-corrected chi connectivity index (χ3v) is 1.95. The van der Waals surface area contributed by atoms with Crippen LogP contribution in [0.1, 0.15) is 19.8 Å². The predicted octanol–water partition coefficient (Wildman–Crippen LogP) is 2.56. The molecule has 0 radical (unpaired) electrons. The minimum Gasteiger partial charge on any atom is -0.477 e. The van der Waals surface area contributed by atoms with Crippen LogP contribution in [0.2, 0.25) is 0 Å². The molecule has 1 heterocycles. The van der Waals surface area contributed by atoms with Gasteiger partial charge in [0.25, 0.3) is 0 Å². The zero-order chi connectivity index (χ0) is 9.68. The molecule has 13 heavy (non-hydrogen) atoms. The molecule has 0 N–H and O–H groups in total. The highest BCUT2D eigenvalue weighted by molar-refractivity contribution is 9.10. The van der Waals surface area contributed by atoms with Crippen LogP contribution in [0.5, 0.6) is 5.88 Å². The summed E-state index contributed by atoms with van der Waals surface area (Å²) in [6.45, 7) is 2.60. The summed E-state index contributed by atoms with van der Waals surface area (Å²) in [4.78, 5) is 7.26. The molecule has 0 atom stereocenters. The summed E-state index contributed by atoms with van der Waals surface area (Å²) in [5.41, 5.74) is 0. The number of hydrogen-bond acceptors (Lipinski definition) is 3. The van der Waals surface area contributed by atoms with E-state index in [2.05, 4.69) is 32.8 Å². The van der Waals surface area contributed by atoms with Crippen molar-refractivity contribution < 1.29 is 9.13 Å². The van der Waals surface area contributed by atoms with Crippen molar-refractivity contribution in [1.29, 1.82) is 0 Å². The van der Waals surface area contributed by atoms with Gasteiger partial charge in [-0.3, -0.25) is 0 Å². The van der Waals surface area contributed by atoms with Gasteiger partial charge in [-0.1, -0.05) is 13.3 Å². The van der Waals surface area contributed by atoms with Crippen LogP contribution in [-0.4, -0.2) is 16.6 Å². The number of aromatic nitrogens is 2. The van der Waals surface area contributed by atoms with Crippen LogP contribution < -0.4 is 4.74 Å². The average molecular weight is 249 g/mol. The molecule has 0 spiro atoms. The zero-order valence-electron chi connectivity index (χ0n) is 7.26. The quantitative estimate of drug-likeness (QED) is 0.769. The van der Waals surface area contributed by atoms with Gasteiger partial charge < -0.3 is 4.74 Å². The van der Waals surface area contributed by atoms with E-state index in [-0.39, 0.29) is 10.5 Å². The lowest BCUT2D eigenvalue weighted by atomic mass is 10.4. The summed E-state index contributed by atoms with van der Waals surface area (Å²) in [6, 6.07) is 0. The van der Waals surface area contributed by atoms with E-state index in [0.29, 0.717) is 6.61 Å². The molecule has 0 saturated heterocycles. The Balaban J connectivity index is 2.53. The normalized spacial score (nSPS) is 10.1. The van der Waals surface area contributed by atoms with Gasteiger partial charge in [-0.05, 0) is 22.4 Å². The van der Waals surface area contributed by atoms with Gasteiger partial charge in [0.1, 0.15) is 0 Å². The number of halogens is 2. The van der Waals surface area contributed by atoms with Crippen LogP contribution in [0.4, 0.5) is 4.39 Å². The summed E-state index contributed by atoms with van der Waals surface area (Å²) in [7, 11) is 0. The number of ether oxygens (including phenoxy) is 1. The molecule has 0 aliphatic carbocycles. The first kappa shape index (κ1) is 10.4. The van der Waals surface area contributed by atoms with Crippen molar-refractivity contribution in [2.45, 2.75) is 19.8 Å². The van der Waals surface area contributed by atoms with E-state index < -0.39 is 5.95 Å². The van der Waals surface area contributed by atoms with Crippen molar-refractivity contribution in [2.75, 3.05) is 6.61 Å². The SMILES string of the molecule is CCCCOc1cnc(Br)c(F)n1. The maximum atomic E-state index is 12.8. The first-order valence-electron chi connectivity index (χ1n) is 4.05. The molecule has 5 heteroatoms. The smallest absolute Gasteiger partial charge is 0.249 e. The van der Waals surface area contributed by atoms with Gasteiger partial charge in [0.2, 0.25) is 11.8 Å². The molecular formula is C8H10BrFN2O. The van der Waals surface area contributed by atoms with Crippen LogP contribution >= 0.6 is 15.9 Å². The number of hydrogen-bond donors (Lipinski definition) is 0. The van der Waals surface area contributed by atoms with Crippen molar-refractivity contribution in [1.82, 2.24) is 9.97 Å². The van der Waals surface area contributed by atoms with E-state index in [1.165, 1.54) is 6.20 Å². The molecular weight excluding hydrogens is 239 g/mol. The number of nitrogens with zero attached hydrogens (tertiary/aromatic N) is 2. The fourth-order valence-corrected chi connectivity index (χ4v) is 0.919. The Kier molecular flexibility index (Phi) is 4.08. The number of unbranched alkanes of at least 4 members (excludes halogenated alkanes) is 1. The maximum Gasteiger partial charge on any atom is 0.249 e. The maximum absolute atomic E-state index is 12.8. The molecule has 0 aliphatic heterocycles. The lowest BCUT2D eigenvalue weighted by Crippen LogP contribution is -2.00. The van der Waals surface area contributed by atoms with Crippen molar-refractivity contribution in [3.05, 3.63) is 16.7 Å². The largest absolute Gasteiger partial charge is 0.477 e. The van der Waals surface area contributed by atoms with Gasteiger partial charge in [0.15, 0.2) is 4.60 Å². The van der Waals surface area contributed by atoms with E-state index >= 15 is 0 Å². The Hall–Kier alpha value is -0.710. The second-order valence-electron chi connectivity index (χ2n) is 2.49. The van der Waals surface area contributed by atoms with Gasteiger partial charge in [0.05, 0.1) is 12.8 Å². The predicted molar refractivity (Wildman–Crippen MR) is 50.1 cm³/mol. The van der Waals surface area contributed by atoms with E-state index in [1.54, 1.807) is 0 Å². The van der Waals surface area contributed by atoms with Gasteiger partial charge in [0, 0.05) is 0 Å². The Morgan fingerprint density at radius 2 is 2.38 bits per heavy atom. The molecule has 0 unspecified atom stereocenters. The first-order valence-corrected chi connectivity index (χ1v) is 4.84. The third-order valence-electron chi connectivity index (χ3n) is 1.41. The number of rotatable bonds is 4. The van der Waals surface area contributed by atoms with Crippen molar-refractivity contribution >= 4 is 15.9 Å². The van der Waals surface area contributed by atoms with Gasteiger partial charge in [-0.15, -0.1) is 0 Å². The minimum atomic E-state index is -0.644. The highest BCUT2D eigenvalue weighted by atomic mass is 79.9. The molecule has 0 saturated carbocycles. The Morgan fingerprint density at radius 1 is 1.62 bits per heavy atom. The molecule has 1 aromatic rings. The Bertz CT molecular complexity index is 283. The first-order chi connectivity index (χ1) is 6.24. The van der Waals surface area contributed by atoms with Crippen molar-refractivity contribution in [3.63, 3.8) is 0 Å². The molecule has 0 aromatic carbocycles. The fourth-order valence-electron chi connectivity index (χ4n) is 0.728. The lowest BCUT2D eigenvalue weighted by Gasteiger charge is -2.03. The van der Waals surface area contributed by atoms with Gasteiger partial charge in [-0.25, -0.2) is 4.98 Å². The minimum absolute atomic E-state index is 0.107. The van der Waals surface area contributed by atoms with E-state index in [9.17, 15) is 4.39 Å². The lowest BCUT2D eigenvalue weighted by molar-refractivity contribution is 0.291. The monoisotopic (exact) mass is 248 g/mol. The van der Waals surface area contributed by atoms with Crippen LogP contribution in [0.3, 0.4) is 0 Å². The van der Waals surface area contributed by atoms with Crippen LogP contribution in [0.25, 0.3) is 0 Å². The van der Waals surface area contributed by atoms with E-state index in [0.717, 1.165) is 12.8 Å². The second kappa shape index (κ2) is 5.11. The van der Waals surface area contributed by atoms with Crippen LogP contribution in [0.15, 0.2) is 10.8 Å². The summed E-state index contributed by atoms with van der Waals surface area (Å²) in [5.74, 6) is -0.414. The van der Waals surface area contributed by atoms with Crippen molar-refractivity contribution in [3.8, 4) is 5.88 Å². The Labute approximate surface area is 84.5 Å². The Morgan fingerprint density at radius 3 is 3.00 bits per heavy atom.